The van der Waals surface area contributed by atoms with E-state index in [0.29, 0.717) is 29.4 Å². The monoisotopic (exact) mass is 452 g/mol. The smallest absolute Gasteiger partial charge is 0.256 e. The number of fused-ring (bicyclic) bond motifs is 2. The molecule has 3 amide bonds. The van der Waals surface area contributed by atoms with E-state index >= 15 is 0 Å². The van der Waals surface area contributed by atoms with Crippen LogP contribution in [0, 0.1) is 5.92 Å². The van der Waals surface area contributed by atoms with E-state index in [-0.39, 0.29) is 30.2 Å². The Hall–Kier alpha value is -2.90. The van der Waals surface area contributed by atoms with Crippen LogP contribution >= 0.6 is 11.6 Å². The molecule has 2 saturated heterocycles. The number of rotatable bonds is 2. The molecule has 3 heterocycles. The van der Waals surface area contributed by atoms with Crippen molar-refractivity contribution in [3.05, 3.63) is 53.1 Å². The summed E-state index contributed by atoms with van der Waals surface area (Å²) in [6, 6.07) is 12.2. The van der Waals surface area contributed by atoms with E-state index in [4.69, 9.17) is 11.6 Å². The van der Waals surface area contributed by atoms with Crippen molar-refractivity contribution < 1.29 is 14.4 Å². The average molecular weight is 453 g/mol. The fraction of sp³-hybridized carbons (Fsp3) is 0.375. The second-order valence-corrected chi connectivity index (χ2v) is 9.02. The molecule has 166 valence electrons. The first kappa shape index (κ1) is 21.0. The number of anilines is 1. The van der Waals surface area contributed by atoms with Gasteiger partial charge in [-0.05, 0) is 61.3 Å². The number of carbonyl (C=O) groups excluding carboxylic acids is 3. The number of piperidine rings is 1. The van der Waals surface area contributed by atoms with Gasteiger partial charge in [0.1, 0.15) is 6.04 Å². The maximum absolute atomic E-state index is 13.4. The van der Waals surface area contributed by atoms with Gasteiger partial charge in [0.2, 0.25) is 11.8 Å². The Morgan fingerprint density at radius 3 is 2.44 bits per heavy atom. The number of benzene rings is 2. The van der Waals surface area contributed by atoms with Crippen molar-refractivity contribution in [1.29, 1.82) is 0 Å². The quantitative estimate of drug-likeness (QED) is 0.733. The van der Waals surface area contributed by atoms with Crippen molar-refractivity contribution in [2.75, 3.05) is 38.0 Å². The number of hydrogen-bond donors (Lipinski definition) is 2. The summed E-state index contributed by atoms with van der Waals surface area (Å²) in [5.41, 5.74) is 2.78. The van der Waals surface area contributed by atoms with Gasteiger partial charge in [-0.1, -0.05) is 29.8 Å². The highest BCUT2D eigenvalue weighted by Gasteiger charge is 2.41. The molecule has 7 nitrogen and oxygen atoms in total. The van der Waals surface area contributed by atoms with E-state index in [2.05, 4.69) is 10.6 Å². The van der Waals surface area contributed by atoms with Crippen LogP contribution < -0.4 is 10.6 Å². The summed E-state index contributed by atoms with van der Waals surface area (Å²) in [5, 5.41) is 6.83. The number of piperazine rings is 1. The van der Waals surface area contributed by atoms with Gasteiger partial charge >= 0.3 is 0 Å². The van der Waals surface area contributed by atoms with E-state index in [0.717, 1.165) is 37.1 Å². The number of hydrogen-bond acceptors (Lipinski definition) is 4. The Balaban J connectivity index is 1.39. The van der Waals surface area contributed by atoms with Crippen molar-refractivity contribution in [2.45, 2.75) is 18.9 Å². The minimum atomic E-state index is -0.687. The van der Waals surface area contributed by atoms with Crippen LogP contribution in [-0.2, 0) is 9.59 Å². The van der Waals surface area contributed by atoms with E-state index in [9.17, 15) is 14.4 Å². The molecule has 0 radical (unpaired) electrons. The molecule has 3 aliphatic rings. The highest BCUT2D eigenvalue weighted by Crippen LogP contribution is 2.31. The molecule has 0 aromatic heterocycles. The summed E-state index contributed by atoms with van der Waals surface area (Å²) < 4.78 is 0. The van der Waals surface area contributed by atoms with Gasteiger partial charge in [0, 0.05) is 24.0 Å². The van der Waals surface area contributed by atoms with Crippen LogP contribution in [0.3, 0.4) is 0 Å². The number of halogens is 1. The van der Waals surface area contributed by atoms with Crippen molar-refractivity contribution in [3.63, 3.8) is 0 Å². The molecule has 5 rings (SSSR count). The third kappa shape index (κ3) is 3.87. The predicted octanol–water partition coefficient (Wildman–Crippen LogP) is 2.61. The Labute approximate surface area is 191 Å². The van der Waals surface area contributed by atoms with Crippen LogP contribution in [0.5, 0.6) is 0 Å². The summed E-state index contributed by atoms with van der Waals surface area (Å²) in [5.74, 6) is -0.350. The second kappa shape index (κ2) is 8.56. The van der Waals surface area contributed by atoms with Crippen molar-refractivity contribution in [3.8, 4) is 11.1 Å². The maximum Gasteiger partial charge on any atom is 0.256 e. The predicted molar refractivity (Wildman–Crippen MR) is 123 cm³/mol. The van der Waals surface area contributed by atoms with Crippen LogP contribution in [0.25, 0.3) is 11.1 Å². The molecule has 0 spiro atoms. The minimum Gasteiger partial charge on any atom is -0.338 e. The lowest BCUT2D eigenvalue weighted by Crippen LogP contribution is -2.60. The molecule has 2 fully saturated rings. The SMILES string of the molecule is O=C1Nc2ccc(-c3ccc(Cl)cc3)cc2C(=O)N2CCN(C(=O)C3CCNCC3)C[C@H]12. The summed E-state index contributed by atoms with van der Waals surface area (Å²) >= 11 is 6.00. The maximum atomic E-state index is 13.4. The summed E-state index contributed by atoms with van der Waals surface area (Å²) in [6.45, 7) is 2.70. The van der Waals surface area contributed by atoms with Crippen LogP contribution in [0.1, 0.15) is 23.2 Å². The average Bonchev–Trinajstić information content (AvgIpc) is 2.93. The Morgan fingerprint density at radius 1 is 0.969 bits per heavy atom. The molecule has 32 heavy (non-hydrogen) atoms. The Bertz CT molecular complexity index is 1070. The third-order valence-electron chi connectivity index (χ3n) is 6.63. The lowest BCUT2D eigenvalue weighted by atomic mass is 9.95. The molecule has 0 unspecified atom stereocenters. The molecule has 0 saturated carbocycles. The summed E-state index contributed by atoms with van der Waals surface area (Å²) in [6.07, 6.45) is 1.63. The van der Waals surface area contributed by atoms with E-state index in [1.54, 1.807) is 28.0 Å². The zero-order valence-corrected chi connectivity index (χ0v) is 18.4. The normalized spacial score (nSPS) is 21.5. The number of nitrogens with one attached hydrogen (secondary N) is 2. The van der Waals surface area contributed by atoms with Gasteiger partial charge in [0.15, 0.2) is 0 Å². The fourth-order valence-electron chi connectivity index (χ4n) is 4.80. The van der Waals surface area contributed by atoms with Gasteiger partial charge in [-0.25, -0.2) is 0 Å². The van der Waals surface area contributed by atoms with Crippen molar-refractivity contribution >= 4 is 35.0 Å². The van der Waals surface area contributed by atoms with Crippen molar-refractivity contribution in [1.82, 2.24) is 15.1 Å². The Kier molecular flexibility index (Phi) is 5.61. The summed E-state index contributed by atoms with van der Waals surface area (Å²) in [7, 11) is 0. The molecule has 0 bridgehead atoms. The Morgan fingerprint density at radius 2 is 1.69 bits per heavy atom. The number of amides is 3. The fourth-order valence-corrected chi connectivity index (χ4v) is 4.93. The van der Waals surface area contributed by atoms with Gasteiger partial charge in [-0.3, -0.25) is 14.4 Å². The topological polar surface area (TPSA) is 81.8 Å². The molecular weight excluding hydrogens is 428 g/mol. The first-order valence-electron chi connectivity index (χ1n) is 11.0. The molecule has 1 atom stereocenters. The lowest BCUT2D eigenvalue weighted by Gasteiger charge is -2.41. The van der Waals surface area contributed by atoms with Crippen LogP contribution in [0.15, 0.2) is 42.5 Å². The first-order valence-corrected chi connectivity index (χ1v) is 11.4. The van der Waals surface area contributed by atoms with E-state index < -0.39 is 6.04 Å². The van der Waals surface area contributed by atoms with Gasteiger partial charge in [0.25, 0.3) is 5.91 Å². The molecule has 2 N–H and O–H groups in total. The highest BCUT2D eigenvalue weighted by atomic mass is 35.5. The zero-order chi connectivity index (χ0) is 22.2. The van der Waals surface area contributed by atoms with Crippen LogP contribution in [-0.4, -0.2) is 66.3 Å². The zero-order valence-electron chi connectivity index (χ0n) is 17.6. The van der Waals surface area contributed by atoms with Gasteiger partial charge in [0.05, 0.1) is 17.8 Å². The highest BCUT2D eigenvalue weighted by molar-refractivity contribution is 6.30. The standard InChI is InChI=1S/C24H25ClN4O3/c25-18-4-1-15(2-5-18)17-3-6-20-19(13-17)24(32)29-12-11-28(14-21(29)22(30)27-20)23(31)16-7-9-26-10-8-16/h1-6,13,16,21,26H,7-12,14H2,(H,27,30)/t21-/m1/s1. The minimum absolute atomic E-state index is 0.00790. The summed E-state index contributed by atoms with van der Waals surface area (Å²) in [4.78, 5) is 42.8. The van der Waals surface area contributed by atoms with Gasteiger partial charge < -0.3 is 20.4 Å². The molecule has 0 aliphatic carbocycles. The first-order chi connectivity index (χ1) is 15.5. The third-order valence-corrected chi connectivity index (χ3v) is 6.88. The molecule has 3 aliphatic heterocycles. The van der Waals surface area contributed by atoms with Crippen molar-refractivity contribution in [2.24, 2.45) is 5.92 Å². The van der Waals surface area contributed by atoms with E-state index in [1.165, 1.54) is 0 Å². The molecule has 2 aromatic rings. The van der Waals surface area contributed by atoms with Gasteiger partial charge in [-0.15, -0.1) is 0 Å². The molecule has 2 aromatic carbocycles. The number of carbonyl (C=O) groups is 3. The van der Waals surface area contributed by atoms with Crippen LogP contribution in [0.4, 0.5) is 5.69 Å². The number of nitrogens with zero attached hydrogens (tertiary/aromatic N) is 2. The molecular formula is C24H25ClN4O3. The van der Waals surface area contributed by atoms with E-state index in [1.807, 2.05) is 24.3 Å². The molecule has 8 heteroatoms. The largest absolute Gasteiger partial charge is 0.338 e. The van der Waals surface area contributed by atoms with Crippen LogP contribution in [0.2, 0.25) is 5.02 Å². The second-order valence-electron chi connectivity index (χ2n) is 8.58. The van der Waals surface area contributed by atoms with Gasteiger partial charge in [-0.2, -0.15) is 0 Å². The lowest BCUT2D eigenvalue weighted by molar-refractivity contribution is -0.140.